The highest BCUT2D eigenvalue weighted by Gasteiger charge is 2.56. The molecule has 0 amide bonds. The van der Waals surface area contributed by atoms with Crippen molar-refractivity contribution in [1.29, 1.82) is 0 Å². The number of aliphatic hydroxyl groups is 1. The van der Waals surface area contributed by atoms with Crippen LogP contribution in [-0.4, -0.2) is 11.2 Å². The molecule has 23 heavy (non-hydrogen) atoms. The molecule has 124 valence electrons. The lowest BCUT2D eigenvalue weighted by Gasteiger charge is -2.53. The highest BCUT2D eigenvalue weighted by Crippen LogP contribution is 2.62. The first-order valence-corrected chi connectivity index (χ1v) is 9.43. The lowest BCUT2D eigenvalue weighted by atomic mass is 9.52. The fraction of sp³-hybridized carbons (Fsp3) is 0.636. The number of hydrogen-bond donors (Lipinski definition) is 1. The van der Waals surface area contributed by atoms with Gasteiger partial charge in [0.05, 0.1) is 6.10 Å². The Morgan fingerprint density at radius 2 is 2.13 bits per heavy atom. The van der Waals surface area contributed by atoms with Crippen molar-refractivity contribution in [3.8, 4) is 0 Å². The quantitative estimate of drug-likeness (QED) is 0.761. The van der Waals surface area contributed by atoms with Gasteiger partial charge in [-0.1, -0.05) is 36.8 Å². The van der Waals surface area contributed by atoms with Gasteiger partial charge in [-0.3, -0.25) is 0 Å². The zero-order valence-corrected chi connectivity index (χ0v) is 14.6. The molecule has 2 saturated carbocycles. The third-order valence-electron chi connectivity index (χ3n) is 7.48. The zero-order valence-electron chi connectivity index (χ0n) is 14.6. The molecule has 1 nitrogen and oxygen atoms in total. The zero-order chi connectivity index (χ0) is 16.2. The van der Waals surface area contributed by atoms with E-state index in [-0.39, 0.29) is 11.5 Å². The van der Waals surface area contributed by atoms with Crippen molar-refractivity contribution in [3.05, 3.63) is 47.5 Å². The number of fused-ring (bicyclic) bond motifs is 5. The molecule has 0 radical (unpaired) electrons. The maximum atomic E-state index is 10.6. The van der Waals surface area contributed by atoms with Crippen LogP contribution in [0.15, 0.2) is 30.9 Å². The predicted octanol–water partition coefficient (Wildman–Crippen LogP) is 5.01. The average Bonchev–Trinajstić information content (AvgIpc) is 2.83. The van der Waals surface area contributed by atoms with Crippen LogP contribution < -0.4 is 0 Å². The minimum atomic E-state index is -0.0859. The molecular weight excluding hydrogens is 280 g/mol. The van der Waals surface area contributed by atoms with Crippen LogP contribution in [-0.2, 0) is 6.42 Å². The van der Waals surface area contributed by atoms with E-state index >= 15 is 0 Å². The van der Waals surface area contributed by atoms with E-state index in [1.165, 1.54) is 31.2 Å². The van der Waals surface area contributed by atoms with E-state index in [0.29, 0.717) is 17.8 Å². The second-order valence-electron chi connectivity index (χ2n) is 8.62. The van der Waals surface area contributed by atoms with E-state index in [0.717, 1.165) is 18.8 Å². The maximum Gasteiger partial charge on any atom is 0.0596 e. The van der Waals surface area contributed by atoms with Crippen molar-refractivity contribution in [2.75, 3.05) is 0 Å². The second-order valence-corrected chi connectivity index (χ2v) is 8.62. The number of hydrogen-bond acceptors (Lipinski definition) is 1. The Balaban J connectivity index is 1.77. The maximum absolute atomic E-state index is 10.6. The Kier molecular flexibility index (Phi) is 3.68. The van der Waals surface area contributed by atoms with Crippen molar-refractivity contribution < 1.29 is 5.11 Å². The molecule has 4 unspecified atom stereocenters. The lowest BCUT2D eigenvalue weighted by molar-refractivity contribution is -0.0377. The summed E-state index contributed by atoms with van der Waals surface area (Å²) in [7, 11) is 0. The molecule has 4 rings (SSSR count). The standard InChI is InChI=1S/C22H30O/c1-4-5-15-13-16-12-14(2)6-7-17(16)18-10-11-22(3)19(21(15)18)8-9-20(22)23/h4,6-7,12,15,18-21,23H,1,5,8-11,13H2,2-3H3/t15?,18?,19?,20-,21?,22-/m0/s1. The topological polar surface area (TPSA) is 20.2 Å². The van der Waals surface area contributed by atoms with Crippen molar-refractivity contribution in [1.82, 2.24) is 0 Å². The summed E-state index contributed by atoms with van der Waals surface area (Å²) >= 11 is 0. The van der Waals surface area contributed by atoms with Crippen molar-refractivity contribution in [2.45, 2.75) is 64.4 Å². The highest BCUT2D eigenvalue weighted by molar-refractivity contribution is 5.38. The molecule has 3 aliphatic rings. The summed E-state index contributed by atoms with van der Waals surface area (Å²) in [6.45, 7) is 8.61. The van der Waals surface area contributed by atoms with Crippen LogP contribution in [0.3, 0.4) is 0 Å². The molecule has 1 N–H and O–H groups in total. The third-order valence-corrected chi connectivity index (χ3v) is 7.48. The van der Waals surface area contributed by atoms with E-state index in [9.17, 15) is 5.11 Å². The minimum absolute atomic E-state index is 0.0859. The van der Waals surface area contributed by atoms with Gasteiger partial charge >= 0.3 is 0 Å². The molecule has 1 aromatic rings. The normalized spacial score (nSPS) is 41.8. The number of rotatable bonds is 2. The molecule has 0 saturated heterocycles. The van der Waals surface area contributed by atoms with Crippen molar-refractivity contribution in [2.24, 2.45) is 23.2 Å². The SMILES string of the molecule is C=CCC1Cc2cc(C)ccc2C2CC[C@@]3(C)C(CC[C@@H]3O)C12. The Labute approximate surface area is 140 Å². The first-order valence-electron chi connectivity index (χ1n) is 9.43. The van der Waals surface area contributed by atoms with E-state index in [1.807, 2.05) is 0 Å². The summed E-state index contributed by atoms with van der Waals surface area (Å²) in [6, 6.07) is 7.11. The number of allylic oxidation sites excluding steroid dienone is 1. The van der Waals surface area contributed by atoms with Crippen LogP contribution in [0.5, 0.6) is 0 Å². The van der Waals surface area contributed by atoms with Crippen LogP contribution in [0.1, 0.15) is 61.6 Å². The third kappa shape index (κ3) is 2.23. The molecule has 0 heterocycles. The largest absolute Gasteiger partial charge is 0.393 e. The lowest BCUT2D eigenvalue weighted by Crippen LogP contribution is -2.47. The van der Waals surface area contributed by atoms with Crippen LogP contribution in [0.25, 0.3) is 0 Å². The minimum Gasteiger partial charge on any atom is -0.393 e. The smallest absolute Gasteiger partial charge is 0.0596 e. The summed E-state index contributed by atoms with van der Waals surface area (Å²) in [6.07, 6.45) is 9.02. The summed E-state index contributed by atoms with van der Waals surface area (Å²) < 4.78 is 0. The average molecular weight is 310 g/mol. The van der Waals surface area contributed by atoms with Crippen LogP contribution in [0.4, 0.5) is 0 Å². The first kappa shape index (κ1) is 15.4. The first-order chi connectivity index (χ1) is 11.0. The van der Waals surface area contributed by atoms with E-state index in [1.54, 1.807) is 11.1 Å². The molecule has 1 aromatic carbocycles. The summed E-state index contributed by atoms with van der Waals surface area (Å²) in [5, 5.41) is 10.6. The Morgan fingerprint density at radius 3 is 2.91 bits per heavy atom. The van der Waals surface area contributed by atoms with Gasteiger partial charge in [-0.2, -0.15) is 0 Å². The van der Waals surface area contributed by atoms with Gasteiger partial charge in [0.1, 0.15) is 0 Å². The predicted molar refractivity (Wildman–Crippen MR) is 95.5 cm³/mol. The fourth-order valence-corrected chi connectivity index (χ4v) is 6.33. The monoisotopic (exact) mass is 310 g/mol. The van der Waals surface area contributed by atoms with Gasteiger partial charge in [0, 0.05) is 0 Å². The van der Waals surface area contributed by atoms with Gasteiger partial charge in [-0.15, -0.1) is 6.58 Å². The van der Waals surface area contributed by atoms with Crippen LogP contribution in [0.2, 0.25) is 0 Å². The van der Waals surface area contributed by atoms with Gasteiger partial charge in [0.15, 0.2) is 0 Å². The molecule has 0 spiro atoms. The summed E-state index contributed by atoms with van der Waals surface area (Å²) in [5.41, 5.74) is 4.74. The van der Waals surface area contributed by atoms with Gasteiger partial charge in [0.25, 0.3) is 0 Å². The van der Waals surface area contributed by atoms with Gasteiger partial charge in [-0.25, -0.2) is 0 Å². The van der Waals surface area contributed by atoms with E-state index < -0.39 is 0 Å². The van der Waals surface area contributed by atoms with E-state index in [4.69, 9.17) is 0 Å². The van der Waals surface area contributed by atoms with Gasteiger partial charge < -0.3 is 5.11 Å². The highest BCUT2D eigenvalue weighted by atomic mass is 16.3. The van der Waals surface area contributed by atoms with Crippen molar-refractivity contribution in [3.63, 3.8) is 0 Å². The van der Waals surface area contributed by atoms with Crippen LogP contribution >= 0.6 is 0 Å². The summed E-state index contributed by atoms with van der Waals surface area (Å²) in [4.78, 5) is 0. The molecule has 3 aliphatic carbocycles. The molecule has 0 bridgehead atoms. The molecule has 1 heteroatoms. The van der Waals surface area contributed by atoms with Crippen LogP contribution in [0, 0.1) is 30.1 Å². The number of aliphatic hydroxyl groups excluding tert-OH is 1. The van der Waals surface area contributed by atoms with Crippen molar-refractivity contribution >= 4 is 0 Å². The molecule has 0 aromatic heterocycles. The van der Waals surface area contributed by atoms with Gasteiger partial charge in [-0.05, 0) is 85.7 Å². The molecule has 6 atom stereocenters. The Hall–Kier alpha value is -1.08. The Bertz CT molecular complexity index is 618. The fourth-order valence-electron chi connectivity index (χ4n) is 6.33. The van der Waals surface area contributed by atoms with Gasteiger partial charge in [0.2, 0.25) is 0 Å². The summed E-state index contributed by atoms with van der Waals surface area (Å²) in [5.74, 6) is 2.84. The number of aryl methyl sites for hydroxylation is 1. The number of benzene rings is 1. The molecule has 2 fully saturated rings. The van der Waals surface area contributed by atoms with E-state index in [2.05, 4.69) is 44.7 Å². The second kappa shape index (κ2) is 5.48. The molecular formula is C22H30O. The Morgan fingerprint density at radius 1 is 1.30 bits per heavy atom. The molecule has 0 aliphatic heterocycles.